The number of esters is 1. The van der Waals surface area contributed by atoms with E-state index < -0.39 is 24.0 Å². The summed E-state index contributed by atoms with van der Waals surface area (Å²) >= 11 is 0. The summed E-state index contributed by atoms with van der Waals surface area (Å²) in [5, 5.41) is 17.1. The number of carbonyl (C=O) groups is 2. The molecule has 0 aromatic carbocycles. The van der Waals surface area contributed by atoms with E-state index in [4.69, 9.17) is 4.74 Å². The van der Waals surface area contributed by atoms with Crippen molar-refractivity contribution in [3.8, 4) is 6.07 Å². The predicted molar refractivity (Wildman–Crippen MR) is 107 cm³/mol. The number of carbonyl (C=O) groups excluding carboxylic acids is 2. The molecule has 0 spiro atoms. The Hall–Kier alpha value is -2.95. The van der Waals surface area contributed by atoms with Gasteiger partial charge in [0.25, 0.3) is 5.91 Å². The van der Waals surface area contributed by atoms with Gasteiger partial charge < -0.3 is 10.1 Å². The Balaban J connectivity index is 1.80. The Morgan fingerprint density at radius 1 is 1.31 bits per heavy atom. The van der Waals surface area contributed by atoms with E-state index >= 15 is 0 Å². The minimum Gasteiger partial charge on any atom is -0.452 e. The van der Waals surface area contributed by atoms with Crippen LogP contribution >= 0.6 is 0 Å². The number of nitrogens with one attached hydrogen (secondary N) is 1. The molecule has 1 aliphatic rings. The smallest absolute Gasteiger partial charge is 0.339 e. The van der Waals surface area contributed by atoms with Crippen molar-refractivity contribution in [3.63, 3.8) is 0 Å². The topological polar surface area (TPSA) is 110 Å². The van der Waals surface area contributed by atoms with E-state index in [-0.39, 0.29) is 12.0 Å². The zero-order valence-electron chi connectivity index (χ0n) is 17.4. The van der Waals surface area contributed by atoms with Gasteiger partial charge in [-0.1, -0.05) is 13.8 Å². The SMILES string of the molecule is CC(C)c1cc(C(=O)OCC(=O)NC2(C#N)CCCC2)c2cnn(C(C)C)c2n1. The number of hydrogen-bond acceptors (Lipinski definition) is 6. The van der Waals surface area contributed by atoms with E-state index in [1.54, 1.807) is 16.9 Å². The van der Waals surface area contributed by atoms with Crippen molar-refractivity contribution in [3.05, 3.63) is 23.5 Å². The van der Waals surface area contributed by atoms with Crippen molar-refractivity contribution in [2.45, 2.75) is 70.9 Å². The largest absolute Gasteiger partial charge is 0.452 e. The summed E-state index contributed by atoms with van der Waals surface area (Å²) in [6, 6.07) is 3.98. The van der Waals surface area contributed by atoms with Crippen molar-refractivity contribution in [1.82, 2.24) is 20.1 Å². The summed E-state index contributed by atoms with van der Waals surface area (Å²) in [4.78, 5) is 29.7. The summed E-state index contributed by atoms with van der Waals surface area (Å²) in [7, 11) is 0. The third kappa shape index (κ3) is 4.24. The summed E-state index contributed by atoms with van der Waals surface area (Å²) in [5.74, 6) is -0.952. The molecule has 0 saturated heterocycles. The highest BCUT2D eigenvalue weighted by atomic mass is 16.5. The van der Waals surface area contributed by atoms with Crippen molar-refractivity contribution < 1.29 is 14.3 Å². The molecule has 2 heterocycles. The molecule has 0 bridgehead atoms. The highest BCUT2D eigenvalue weighted by molar-refractivity contribution is 6.03. The van der Waals surface area contributed by atoms with E-state index in [1.807, 2.05) is 27.7 Å². The number of hydrogen-bond donors (Lipinski definition) is 1. The molecule has 8 nitrogen and oxygen atoms in total. The van der Waals surface area contributed by atoms with Gasteiger partial charge in [0.05, 0.1) is 23.2 Å². The number of aromatic nitrogens is 3. The van der Waals surface area contributed by atoms with Gasteiger partial charge in [0.2, 0.25) is 0 Å². The molecule has 1 aliphatic carbocycles. The molecule has 3 rings (SSSR count). The van der Waals surface area contributed by atoms with Crippen molar-refractivity contribution in [2.24, 2.45) is 0 Å². The Bertz CT molecular complexity index is 965. The molecule has 1 N–H and O–H groups in total. The molecule has 2 aromatic heterocycles. The molecule has 0 aliphatic heterocycles. The van der Waals surface area contributed by atoms with E-state index in [0.29, 0.717) is 29.4 Å². The number of ether oxygens (including phenoxy) is 1. The Morgan fingerprint density at radius 3 is 2.59 bits per heavy atom. The molecular weight excluding hydrogens is 370 g/mol. The Morgan fingerprint density at radius 2 is 2.00 bits per heavy atom. The molecule has 1 amide bonds. The summed E-state index contributed by atoms with van der Waals surface area (Å²) in [6.07, 6.45) is 4.66. The van der Waals surface area contributed by atoms with Gasteiger partial charge in [0.15, 0.2) is 12.3 Å². The number of fused-ring (bicyclic) bond motifs is 1. The van der Waals surface area contributed by atoms with Crippen LogP contribution in [-0.2, 0) is 9.53 Å². The van der Waals surface area contributed by atoms with Gasteiger partial charge in [-0.05, 0) is 51.5 Å². The predicted octanol–water partition coefficient (Wildman–Crippen LogP) is 3.24. The first kappa shape index (κ1) is 20.8. The van der Waals surface area contributed by atoms with Crippen LogP contribution in [0.25, 0.3) is 11.0 Å². The first-order chi connectivity index (χ1) is 13.8. The maximum absolute atomic E-state index is 12.8. The zero-order valence-corrected chi connectivity index (χ0v) is 17.4. The second-order valence-electron chi connectivity index (χ2n) is 8.19. The second kappa shape index (κ2) is 8.19. The lowest BCUT2D eigenvalue weighted by molar-refractivity contribution is -0.125. The highest BCUT2D eigenvalue weighted by Gasteiger charge is 2.35. The molecule has 1 saturated carbocycles. The molecule has 29 heavy (non-hydrogen) atoms. The van der Waals surface area contributed by atoms with Crippen LogP contribution in [0, 0.1) is 11.3 Å². The van der Waals surface area contributed by atoms with Gasteiger partial charge in [-0.25, -0.2) is 14.5 Å². The summed E-state index contributed by atoms with van der Waals surface area (Å²) in [6.45, 7) is 7.55. The maximum atomic E-state index is 12.8. The Labute approximate surface area is 170 Å². The molecular formula is C21H27N5O3. The third-order valence-corrected chi connectivity index (χ3v) is 5.27. The van der Waals surface area contributed by atoms with Crippen LogP contribution in [-0.4, -0.2) is 38.8 Å². The average molecular weight is 397 g/mol. The van der Waals surface area contributed by atoms with Gasteiger partial charge in [0.1, 0.15) is 5.54 Å². The normalized spacial score (nSPS) is 15.6. The number of amides is 1. The molecule has 0 radical (unpaired) electrons. The molecule has 0 atom stereocenters. The number of nitriles is 1. The van der Waals surface area contributed by atoms with Crippen molar-refractivity contribution in [2.75, 3.05) is 6.61 Å². The van der Waals surface area contributed by atoms with Crippen molar-refractivity contribution in [1.29, 1.82) is 5.26 Å². The number of rotatable bonds is 6. The van der Waals surface area contributed by atoms with Gasteiger partial charge >= 0.3 is 5.97 Å². The lowest BCUT2D eigenvalue weighted by Crippen LogP contribution is -2.46. The van der Waals surface area contributed by atoms with Crippen LogP contribution in [0.2, 0.25) is 0 Å². The number of pyridine rings is 1. The molecule has 8 heteroatoms. The van der Waals surface area contributed by atoms with Gasteiger partial charge in [-0.3, -0.25) is 4.79 Å². The van der Waals surface area contributed by atoms with Crippen LogP contribution < -0.4 is 5.32 Å². The third-order valence-electron chi connectivity index (χ3n) is 5.27. The monoisotopic (exact) mass is 397 g/mol. The van der Waals surface area contributed by atoms with Crippen LogP contribution in [0.4, 0.5) is 0 Å². The standard InChI is InChI=1S/C21H27N5O3/c1-13(2)17-9-15(16-10-23-26(14(3)4)19(16)24-17)20(28)29-11-18(27)25-21(12-22)7-5-6-8-21/h9-10,13-14H,5-8,11H2,1-4H3,(H,25,27). The first-order valence-electron chi connectivity index (χ1n) is 10.0. The van der Waals surface area contributed by atoms with E-state index in [2.05, 4.69) is 21.5 Å². The molecule has 1 fully saturated rings. The molecule has 0 unspecified atom stereocenters. The number of nitrogens with zero attached hydrogens (tertiary/aromatic N) is 4. The van der Waals surface area contributed by atoms with Crippen LogP contribution in [0.3, 0.4) is 0 Å². The average Bonchev–Trinajstić information content (AvgIpc) is 3.32. The minimum absolute atomic E-state index is 0.0886. The highest BCUT2D eigenvalue weighted by Crippen LogP contribution is 2.29. The van der Waals surface area contributed by atoms with Crippen LogP contribution in [0.1, 0.15) is 81.4 Å². The second-order valence-corrected chi connectivity index (χ2v) is 8.19. The van der Waals surface area contributed by atoms with Gasteiger partial charge in [-0.2, -0.15) is 10.4 Å². The zero-order chi connectivity index (χ0) is 21.2. The lowest BCUT2D eigenvalue weighted by atomic mass is 10.00. The van der Waals surface area contributed by atoms with E-state index in [0.717, 1.165) is 18.5 Å². The van der Waals surface area contributed by atoms with Crippen LogP contribution in [0.5, 0.6) is 0 Å². The molecule has 2 aromatic rings. The van der Waals surface area contributed by atoms with E-state index in [1.165, 1.54) is 0 Å². The minimum atomic E-state index is -0.837. The van der Waals surface area contributed by atoms with Gasteiger partial charge in [0, 0.05) is 11.7 Å². The fraction of sp³-hybridized carbons (Fsp3) is 0.571. The quantitative estimate of drug-likeness (QED) is 0.749. The van der Waals surface area contributed by atoms with E-state index in [9.17, 15) is 14.9 Å². The fourth-order valence-electron chi connectivity index (χ4n) is 3.64. The summed E-state index contributed by atoms with van der Waals surface area (Å²) in [5.41, 5.74) is 0.883. The maximum Gasteiger partial charge on any atom is 0.339 e. The van der Waals surface area contributed by atoms with Gasteiger partial charge in [-0.15, -0.1) is 0 Å². The fourth-order valence-corrected chi connectivity index (χ4v) is 3.64. The van der Waals surface area contributed by atoms with Crippen LogP contribution in [0.15, 0.2) is 12.3 Å². The molecule has 154 valence electrons. The lowest BCUT2D eigenvalue weighted by Gasteiger charge is -2.21. The van der Waals surface area contributed by atoms with Crippen molar-refractivity contribution >= 4 is 22.9 Å². The summed E-state index contributed by atoms with van der Waals surface area (Å²) < 4.78 is 7.04. The Kier molecular flexibility index (Phi) is 5.87. The first-order valence-corrected chi connectivity index (χ1v) is 10.0.